The second-order valence-corrected chi connectivity index (χ2v) is 6.67. The smallest absolute Gasteiger partial charge is 0.263 e. The highest BCUT2D eigenvalue weighted by Crippen LogP contribution is 2.24. The van der Waals surface area contributed by atoms with E-state index < -0.39 is 5.91 Å². The Kier molecular flexibility index (Phi) is 5.17. The van der Waals surface area contributed by atoms with Crippen molar-refractivity contribution in [3.63, 3.8) is 0 Å². The molecule has 0 aliphatic rings. The number of nitrogens with zero attached hydrogens (tertiary/aromatic N) is 3. The van der Waals surface area contributed by atoms with E-state index in [1.165, 1.54) is 17.0 Å². The standard InChI is InChI=1S/C21H19N5O4/c1-13-5-3-6-15(9-13)30-12-20(28)23-18-11-16(17-7-4-8-29-17)25-26(18)21-22-14(2)10-19(27)24-21/h3-11H,12H2,1-2H3,(H,23,28)(H,22,24,27). The van der Waals surface area contributed by atoms with Gasteiger partial charge in [0.2, 0.25) is 5.95 Å². The largest absolute Gasteiger partial charge is 0.484 e. The molecule has 30 heavy (non-hydrogen) atoms. The van der Waals surface area contributed by atoms with E-state index >= 15 is 0 Å². The maximum atomic E-state index is 12.5. The van der Waals surface area contributed by atoms with Gasteiger partial charge in [-0.15, -0.1) is 0 Å². The zero-order chi connectivity index (χ0) is 21.1. The quantitative estimate of drug-likeness (QED) is 0.510. The van der Waals surface area contributed by atoms with Crippen LogP contribution in [0.1, 0.15) is 11.3 Å². The van der Waals surface area contributed by atoms with E-state index in [1.807, 2.05) is 25.1 Å². The average Bonchev–Trinajstić information content (AvgIpc) is 3.35. The molecular weight excluding hydrogens is 386 g/mol. The second-order valence-electron chi connectivity index (χ2n) is 6.67. The molecule has 0 saturated heterocycles. The monoisotopic (exact) mass is 405 g/mol. The Hall–Kier alpha value is -4.14. The minimum absolute atomic E-state index is 0.174. The summed E-state index contributed by atoms with van der Waals surface area (Å²) in [7, 11) is 0. The zero-order valence-corrected chi connectivity index (χ0v) is 16.4. The summed E-state index contributed by atoms with van der Waals surface area (Å²) in [6.45, 7) is 3.45. The lowest BCUT2D eigenvalue weighted by atomic mass is 10.2. The van der Waals surface area contributed by atoms with E-state index in [4.69, 9.17) is 9.15 Å². The number of aromatic amines is 1. The molecule has 0 spiro atoms. The number of carbonyl (C=O) groups is 1. The van der Waals surface area contributed by atoms with Gasteiger partial charge in [-0.2, -0.15) is 9.78 Å². The van der Waals surface area contributed by atoms with Gasteiger partial charge in [-0.3, -0.25) is 14.6 Å². The predicted molar refractivity (Wildman–Crippen MR) is 110 cm³/mol. The Morgan fingerprint density at radius 1 is 1.20 bits per heavy atom. The number of aromatic nitrogens is 4. The zero-order valence-electron chi connectivity index (χ0n) is 16.4. The van der Waals surface area contributed by atoms with Gasteiger partial charge < -0.3 is 14.5 Å². The van der Waals surface area contributed by atoms with Gasteiger partial charge >= 0.3 is 0 Å². The molecule has 2 N–H and O–H groups in total. The number of aryl methyl sites for hydroxylation is 2. The van der Waals surface area contributed by atoms with Crippen molar-refractivity contribution in [2.24, 2.45) is 0 Å². The number of amides is 1. The number of ether oxygens (including phenoxy) is 1. The molecule has 152 valence electrons. The van der Waals surface area contributed by atoms with Crippen LogP contribution in [0.15, 0.2) is 64.0 Å². The minimum Gasteiger partial charge on any atom is -0.484 e. The summed E-state index contributed by atoms with van der Waals surface area (Å²) in [4.78, 5) is 31.3. The fourth-order valence-corrected chi connectivity index (χ4v) is 2.87. The fraction of sp³-hybridized carbons (Fsp3) is 0.143. The highest BCUT2D eigenvalue weighted by molar-refractivity contribution is 5.91. The molecule has 9 nitrogen and oxygen atoms in total. The maximum absolute atomic E-state index is 12.5. The molecule has 1 aromatic carbocycles. The van der Waals surface area contributed by atoms with Crippen LogP contribution < -0.4 is 15.6 Å². The van der Waals surface area contributed by atoms with Gasteiger partial charge in [0, 0.05) is 17.8 Å². The summed E-state index contributed by atoms with van der Waals surface area (Å²) >= 11 is 0. The highest BCUT2D eigenvalue weighted by Gasteiger charge is 2.17. The molecule has 0 unspecified atom stereocenters. The molecule has 3 heterocycles. The molecule has 9 heteroatoms. The van der Waals surface area contributed by atoms with Crippen LogP contribution in [0.5, 0.6) is 5.75 Å². The molecule has 0 fully saturated rings. The Labute approximate surface area is 171 Å². The summed E-state index contributed by atoms with van der Waals surface area (Å²) in [5.41, 5.74) is 1.69. The Morgan fingerprint density at radius 3 is 2.80 bits per heavy atom. The third-order valence-electron chi connectivity index (χ3n) is 4.17. The van der Waals surface area contributed by atoms with E-state index in [1.54, 1.807) is 31.2 Å². The van der Waals surface area contributed by atoms with Gasteiger partial charge in [-0.1, -0.05) is 12.1 Å². The minimum atomic E-state index is -0.390. The molecule has 0 aliphatic heterocycles. The first-order chi connectivity index (χ1) is 14.5. The molecule has 4 aromatic rings. The van der Waals surface area contributed by atoms with Crippen LogP contribution >= 0.6 is 0 Å². The van der Waals surface area contributed by atoms with Crippen LogP contribution in [0.4, 0.5) is 5.82 Å². The summed E-state index contributed by atoms with van der Waals surface area (Å²) < 4.78 is 12.3. The van der Waals surface area contributed by atoms with Crippen LogP contribution in [-0.4, -0.2) is 32.3 Å². The Balaban J connectivity index is 1.61. The first-order valence-corrected chi connectivity index (χ1v) is 9.19. The topological polar surface area (TPSA) is 115 Å². The van der Waals surface area contributed by atoms with E-state index in [9.17, 15) is 9.59 Å². The van der Waals surface area contributed by atoms with E-state index in [0.29, 0.717) is 28.7 Å². The molecule has 1 amide bonds. The average molecular weight is 405 g/mol. The molecule has 0 saturated carbocycles. The van der Waals surface area contributed by atoms with Crippen molar-refractivity contribution < 1.29 is 13.9 Å². The van der Waals surface area contributed by atoms with Crippen molar-refractivity contribution >= 4 is 11.7 Å². The first kappa shape index (κ1) is 19.2. The van der Waals surface area contributed by atoms with Gasteiger partial charge in [0.05, 0.1) is 6.26 Å². The molecule has 4 rings (SSSR count). The highest BCUT2D eigenvalue weighted by atomic mass is 16.5. The number of H-pyrrole nitrogens is 1. The molecule has 0 radical (unpaired) electrons. The van der Waals surface area contributed by atoms with Crippen molar-refractivity contribution in [1.29, 1.82) is 0 Å². The molecule has 3 aromatic heterocycles. The van der Waals surface area contributed by atoms with Gasteiger partial charge in [-0.05, 0) is 43.7 Å². The maximum Gasteiger partial charge on any atom is 0.263 e. The van der Waals surface area contributed by atoms with Crippen LogP contribution in [0.2, 0.25) is 0 Å². The van der Waals surface area contributed by atoms with Gasteiger partial charge in [-0.25, -0.2) is 4.98 Å². The SMILES string of the molecule is Cc1cccc(OCC(=O)Nc2cc(-c3ccco3)nn2-c2nc(C)cc(=O)[nH]2)c1. The number of hydrogen-bond acceptors (Lipinski definition) is 6. The summed E-state index contributed by atoms with van der Waals surface area (Å²) in [5.74, 6) is 1.20. The summed E-state index contributed by atoms with van der Waals surface area (Å²) in [6.07, 6.45) is 1.52. The number of nitrogens with one attached hydrogen (secondary N) is 2. The van der Waals surface area contributed by atoms with Gasteiger partial charge in [0.25, 0.3) is 11.5 Å². The number of furan rings is 1. The lowest BCUT2D eigenvalue weighted by molar-refractivity contribution is -0.118. The number of anilines is 1. The van der Waals surface area contributed by atoms with E-state index in [0.717, 1.165) is 5.56 Å². The lowest BCUT2D eigenvalue weighted by Gasteiger charge is -2.09. The van der Waals surface area contributed by atoms with Crippen molar-refractivity contribution in [3.05, 3.63) is 76.4 Å². The van der Waals surface area contributed by atoms with Gasteiger partial charge in [0.1, 0.15) is 17.3 Å². The molecule has 0 bridgehead atoms. The summed E-state index contributed by atoms with van der Waals surface area (Å²) in [6, 6.07) is 13.9. The van der Waals surface area contributed by atoms with Crippen LogP contribution in [0.25, 0.3) is 17.4 Å². The first-order valence-electron chi connectivity index (χ1n) is 9.19. The van der Waals surface area contributed by atoms with Gasteiger partial charge in [0.15, 0.2) is 12.4 Å². The Morgan fingerprint density at radius 2 is 2.07 bits per heavy atom. The third kappa shape index (κ3) is 4.30. The number of rotatable bonds is 6. The van der Waals surface area contributed by atoms with Crippen molar-refractivity contribution in [2.75, 3.05) is 11.9 Å². The molecule has 0 aliphatic carbocycles. The molecule has 0 atom stereocenters. The Bertz CT molecular complexity index is 1240. The van der Waals surface area contributed by atoms with E-state index in [-0.39, 0.29) is 18.1 Å². The number of carbonyl (C=O) groups excluding carboxylic acids is 1. The van der Waals surface area contributed by atoms with Crippen molar-refractivity contribution in [3.8, 4) is 23.2 Å². The van der Waals surface area contributed by atoms with Crippen molar-refractivity contribution in [2.45, 2.75) is 13.8 Å². The van der Waals surface area contributed by atoms with Crippen LogP contribution in [0.3, 0.4) is 0 Å². The van der Waals surface area contributed by atoms with Crippen molar-refractivity contribution in [1.82, 2.24) is 19.7 Å². The summed E-state index contributed by atoms with van der Waals surface area (Å²) in [5, 5.41) is 7.17. The number of benzene rings is 1. The fourth-order valence-electron chi connectivity index (χ4n) is 2.87. The third-order valence-corrected chi connectivity index (χ3v) is 4.17. The van der Waals surface area contributed by atoms with Crippen LogP contribution in [0, 0.1) is 13.8 Å². The van der Waals surface area contributed by atoms with E-state index in [2.05, 4.69) is 20.4 Å². The normalized spacial score (nSPS) is 10.7. The van der Waals surface area contributed by atoms with Crippen LogP contribution in [-0.2, 0) is 4.79 Å². The lowest BCUT2D eigenvalue weighted by Crippen LogP contribution is -2.23. The molecular formula is C21H19N5O4. The number of hydrogen-bond donors (Lipinski definition) is 2. The second kappa shape index (κ2) is 8.08. The predicted octanol–water partition coefficient (Wildman–Crippen LogP) is 2.85.